The van der Waals surface area contributed by atoms with Crippen LogP contribution in [0.4, 0.5) is 10.1 Å². The Balaban J connectivity index is 1.79. The molecule has 1 aliphatic rings. The van der Waals surface area contributed by atoms with Gasteiger partial charge in [0.2, 0.25) is 0 Å². The van der Waals surface area contributed by atoms with E-state index in [1.807, 2.05) is 0 Å². The van der Waals surface area contributed by atoms with Gasteiger partial charge in [-0.3, -0.25) is 9.59 Å². The second-order valence-corrected chi connectivity index (χ2v) is 6.46. The van der Waals surface area contributed by atoms with Gasteiger partial charge in [-0.1, -0.05) is 24.9 Å². The number of likely N-dealkylation sites (tertiary alicyclic amines) is 1. The summed E-state index contributed by atoms with van der Waals surface area (Å²) in [5, 5.41) is 5.22. The van der Waals surface area contributed by atoms with Crippen molar-refractivity contribution in [2.24, 2.45) is 0 Å². The highest BCUT2D eigenvalue weighted by Gasteiger charge is 2.23. The fourth-order valence-electron chi connectivity index (χ4n) is 2.70. The fourth-order valence-corrected chi connectivity index (χ4v) is 2.86. The number of unbranched alkanes of at least 4 members (excludes halogenated alkanes) is 1. The van der Waals surface area contributed by atoms with Crippen LogP contribution in [-0.4, -0.2) is 42.4 Å². The number of rotatable bonds is 5. The van der Waals surface area contributed by atoms with Crippen LogP contribution in [0.15, 0.2) is 18.2 Å². The van der Waals surface area contributed by atoms with Crippen LogP contribution in [0.25, 0.3) is 0 Å². The predicted octanol–water partition coefficient (Wildman–Crippen LogP) is 2.80. The molecule has 1 heterocycles. The van der Waals surface area contributed by atoms with Crippen molar-refractivity contribution < 1.29 is 14.0 Å². The molecule has 0 saturated carbocycles. The van der Waals surface area contributed by atoms with E-state index in [4.69, 9.17) is 11.6 Å². The van der Waals surface area contributed by atoms with E-state index in [2.05, 4.69) is 22.5 Å². The molecule has 1 aromatic carbocycles. The molecule has 0 aromatic heterocycles. The van der Waals surface area contributed by atoms with E-state index < -0.39 is 17.6 Å². The third-order valence-corrected chi connectivity index (χ3v) is 4.37. The Morgan fingerprint density at radius 2 is 2.00 bits per heavy atom. The highest BCUT2D eigenvalue weighted by molar-refractivity contribution is 6.39. The van der Waals surface area contributed by atoms with Crippen LogP contribution in [0.5, 0.6) is 0 Å². The van der Waals surface area contributed by atoms with E-state index in [0.29, 0.717) is 0 Å². The first-order valence-corrected chi connectivity index (χ1v) is 8.66. The molecule has 0 atom stereocenters. The molecule has 132 valence electrons. The molecule has 2 rings (SSSR count). The van der Waals surface area contributed by atoms with Gasteiger partial charge in [0.05, 0.1) is 5.69 Å². The van der Waals surface area contributed by atoms with Crippen LogP contribution in [-0.2, 0) is 9.59 Å². The molecular weight excluding hydrogens is 333 g/mol. The average molecular weight is 356 g/mol. The number of nitrogens with zero attached hydrogens (tertiary/aromatic N) is 1. The number of nitrogens with one attached hydrogen (secondary N) is 2. The lowest BCUT2D eigenvalue weighted by molar-refractivity contribution is -0.136. The molecule has 2 amide bonds. The summed E-state index contributed by atoms with van der Waals surface area (Å²) in [4.78, 5) is 26.2. The third kappa shape index (κ3) is 5.46. The molecule has 1 saturated heterocycles. The standard InChI is InChI=1S/C17H23ClFN3O2/c1-2-3-8-22-9-6-13(7-10-22)20-16(23)17(24)21-15-5-4-12(18)11-14(15)19/h4-5,11,13H,2-3,6-10H2,1H3,(H,20,23)(H,21,24). The Labute approximate surface area is 146 Å². The smallest absolute Gasteiger partial charge is 0.313 e. The fraction of sp³-hybridized carbons (Fsp3) is 0.529. The van der Waals surface area contributed by atoms with Gasteiger partial charge in [0.15, 0.2) is 0 Å². The first-order valence-electron chi connectivity index (χ1n) is 8.29. The van der Waals surface area contributed by atoms with Crippen molar-refractivity contribution in [3.8, 4) is 0 Å². The topological polar surface area (TPSA) is 61.4 Å². The van der Waals surface area contributed by atoms with E-state index >= 15 is 0 Å². The van der Waals surface area contributed by atoms with Crippen LogP contribution in [0.3, 0.4) is 0 Å². The molecular formula is C17H23ClFN3O2. The average Bonchev–Trinajstić information content (AvgIpc) is 2.56. The van der Waals surface area contributed by atoms with Crippen molar-refractivity contribution in [1.82, 2.24) is 10.2 Å². The Morgan fingerprint density at radius 1 is 1.29 bits per heavy atom. The zero-order chi connectivity index (χ0) is 17.5. The number of hydrogen-bond donors (Lipinski definition) is 2. The Bertz CT molecular complexity index is 589. The van der Waals surface area contributed by atoms with Crippen molar-refractivity contribution in [3.05, 3.63) is 29.0 Å². The quantitative estimate of drug-likeness (QED) is 0.798. The number of halogens is 2. The number of benzene rings is 1. The van der Waals surface area contributed by atoms with Crippen LogP contribution in [0.1, 0.15) is 32.6 Å². The number of hydrogen-bond acceptors (Lipinski definition) is 3. The third-order valence-electron chi connectivity index (χ3n) is 4.14. The van der Waals surface area contributed by atoms with E-state index in [1.54, 1.807) is 0 Å². The maximum absolute atomic E-state index is 13.6. The van der Waals surface area contributed by atoms with Gasteiger partial charge in [0, 0.05) is 24.2 Å². The van der Waals surface area contributed by atoms with Crippen LogP contribution >= 0.6 is 11.6 Å². The molecule has 5 nitrogen and oxygen atoms in total. The number of carbonyl (C=O) groups is 2. The molecule has 2 N–H and O–H groups in total. The summed E-state index contributed by atoms with van der Waals surface area (Å²) in [5.74, 6) is -2.28. The largest absolute Gasteiger partial charge is 0.345 e. The van der Waals surface area contributed by atoms with Crippen LogP contribution < -0.4 is 10.6 Å². The number of carbonyl (C=O) groups excluding carboxylic acids is 2. The maximum Gasteiger partial charge on any atom is 0.313 e. The minimum atomic E-state index is -0.871. The van der Waals surface area contributed by atoms with Crippen LogP contribution in [0.2, 0.25) is 5.02 Å². The summed E-state index contributed by atoms with van der Waals surface area (Å²) < 4.78 is 13.6. The summed E-state index contributed by atoms with van der Waals surface area (Å²) >= 11 is 5.65. The molecule has 0 aliphatic carbocycles. The zero-order valence-corrected chi connectivity index (χ0v) is 14.5. The Kier molecular flexibility index (Phi) is 6.99. The molecule has 7 heteroatoms. The van der Waals surface area contributed by atoms with Crippen molar-refractivity contribution in [1.29, 1.82) is 0 Å². The molecule has 0 unspecified atom stereocenters. The summed E-state index contributed by atoms with van der Waals surface area (Å²) in [5.41, 5.74) is -0.0612. The number of anilines is 1. The summed E-state index contributed by atoms with van der Waals surface area (Å²) in [6.45, 7) is 5.07. The highest BCUT2D eigenvalue weighted by Crippen LogP contribution is 2.18. The predicted molar refractivity (Wildman–Crippen MR) is 92.6 cm³/mol. The molecule has 0 radical (unpaired) electrons. The molecule has 0 bridgehead atoms. The van der Waals surface area contributed by atoms with Crippen molar-refractivity contribution in [2.45, 2.75) is 38.6 Å². The van der Waals surface area contributed by atoms with E-state index in [9.17, 15) is 14.0 Å². The molecule has 1 aliphatic heterocycles. The van der Waals surface area contributed by atoms with E-state index in [0.717, 1.165) is 45.0 Å². The second kappa shape index (κ2) is 8.99. The first-order chi connectivity index (χ1) is 11.5. The number of piperidine rings is 1. The van der Waals surface area contributed by atoms with Crippen molar-refractivity contribution in [2.75, 3.05) is 25.0 Å². The minimum absolute atomic E-state index is 0.0174. The second-order valence-electron chi connectivity index (χ2n) is 6.02. The SMILES string of the molecule is CCCCN1CCC(NC(=O)C(=O)Nc2ccc(Cl)cc2F)CC1. The lowest BCUT2D eigenvalue weighted by Crippen LogP contribution is -2.47. The summed E-state index contributed by atoms with van der Waals surface area (Å²) in [7, 11) is 0. The van der Waals surface area contributed by atoms with E-state index in [1.165, 1.54) is 18.6 Å². The van der Waals surface area contributed by atoms with Gasteiger partial charge < -0.3 is 15.5 Å². The molecule has 1 fully saturated rings. The molecule has 0 spiro atoms. The molecule has 24 heavy (non-hydrogen) atoms. The number of amides is 2. The highest BCUT2D eigenvalue weighted by atomic mass is 35.5. The van der Waals surface area contributed by atoms with Gasteiger partial charge >= 0.3 is 11.8 Å². The van der Waals surface area contributed by atoms with Crippen molar-refractivity contribution >= 4 is 29.1 Å². The van der Waals surface area contributed by atoms with Crippen LogP contribution in [0, 0.1) is 5.82 Å². The van der Waals surface area contributed by atoms with Gasteiger partial charge in [-0.25, -0.2) is 4.39 Å². The van der Waals surface area contributed by atoms with Crippen molar-refractivity contribution in [3.63, 3.8) is 0 Å². The minimum Gasteiger partial charge on any atom is -0.345 e. The Morgan fingerprint density at radius 3 is 2.62 bits per heavy atom. The summed E-state index contributed by atoms with van der Waals surface area (Å²) in [6.07, 6.45) is 3.97. The van der Waals surface area contributed by atoms with E-state index in [-0.39, 0.29) is 16.8 Å². The first kappa shape index (κ1) is 18.7. The lowest BCUT2D eigenvalue weighted by atomic mass is 10.0. The monoisotopic (exact) mass is 355 g/mol. The van der Waals surface area contributed by atoms with Gasteiger partial charge in [0.25, 0.3) is 0 Å². The van der Waals surface area contributed by atoms with Gasteiger partial charge in [-0.15, -0.1) is 0 Å². The van der Waals surface area contributed by atoms with Gasteiger partial charge in [0.1, 0.15) is 5.82 Å². The molecule has 1 aromatic rings. The zero-order valence-electron chi connectivity index (χ0n) is 13.8. The lowest BCUT2D eigenvalue weighted by Gasteiger charge is -2.32. The van der Waals surface area contributed by atoms with Gasteiger partial charge in [-0.2, -0.15) is 0 Å². The normalized spacial score (nSPS) is 16.0. The summed E-state index contributed by atoms with van der Waals surface area (Å²) in [6, 6.07) is 3.84. The maximum atomic E-state index is 13.6. The Hall–Kier alpha value is -1.66. The van der Waals surface area contributed by atoms with Gasteiger partial charge in [-0.05, 0) is 44.0 Å².